The number of nitrogens with zero attached hydrogens (tertiary/aromatic N) is 1. The number of hydrogen-bond acceptors (Lipinski definition) is 4. The van der Waals surface area contributed by atoms with Crippen LogP contribution in [0.4, 0.5) is 0 Å². The highest BCUT2D eigenvalue weighted by molar-refractivity contribution is 6.29. The first-order valence-corrected chi connectivity index (χ1v) is 2.68. The Hall–Kier alpha value is -1.39. The second-order valence-electron chi connectivity index (χ2n) is 1.53. The van der Waals surface area contributed by atoms with Crippen LogP contribution >= 0.6 is 0 Å². The first kappa shape index (κ1) is 8.61. The van der Waals surface area contributed by atoms with Gasteiger partial charge in [-0.2, -0.15) is 5.10 Å². The monoisotopic (exact) mass is 143 g/mol. The molecule has 0 fully saturated rings. The molecular formula is C5H9N3O2. The van der Waals surface area contributed by atoms with E-state index in [9.17, 15) is 9.59 Å². The topological polar surface area (TPSA) is 70.6 Å². The molecule has 2 N–H and O–H groups in total. The van der Waals surface area contributed by atoms with Crippen LogP contribution in [-0.2, 0) is 9.59 Å². The molecule has 0 atom stereocenters. The van der Waals surface area contributed by atoms with Crippen LogP contribution in [0.1, 0.15) is 6.92 Å². The fourth-order valence-corrected chi connectivity index (χ4v) is 0.329. The predicted octanol–water partition coefficient (Wildman–Crippen LogP) is -1.15. The highest BCUT2D eigenvalue weighted by Crippen LogP contribution is 1.61. The number of amides is 2. The first-order chi connectivity index (χ1) is 4.66. The third-order valence-electron chi connectivity index (χ3n) is 0.610. The zero-order valence-electron chi connectivity index (χ0n) is 5.84. The predicted molar refractivity (Wildman–Crippen MR) is 36.4 cm³/mol. The van der Waals surface area contributed by atoms with E-state index >= 15 is 0 Å². The van der Waals surface area contributed by atoms with Gasteiger partial charge in [-0.15, -0.1) is 0 Å². The van der Waals surface area contributed by atoms with Gasteiger partial charge in [-0.25, -0.2) is 0 Å². The van der Waals surface area contributed by atoms with E-state index in [1.807, 2.05) is 5.32 Å². The third kappa shape index (κ3) is 4.76. The van der Waals surface area contributed by atoms with Gasteiger partial charge in [-0.05, 0) is 0 Å². The molecule has 0 aliphatic heterocycles. The Labute approximate surface area is 58.5 Å². The lowest BCUT2D eigenvalue weighted by Crippen LogP contribution is -2.29. The van der Waals surface area contributed by atoms with Crippen LogP contribution < -0.4 is 10.7 Å². The summed E-state index contributed by atoms with van der Waals surface area (Å²) in [6, 6.07) is 0. The van der Waals surface area contributed by atoms with Crippen molar-refractivity contribution in [1.82, 2.24) is 10.7 Å². The summed E-state index contributed by atoms with van der Waals surface area (Å²) in [5.74, 6) is -0.922. The minimum Gasteiger partial charge on any atom is -0.313 e. The first-order valence-electron chi connectivity index (χ1n) is 2.68. The molecule has 10 heavy (non-hydrogen) atoms. The van der Waals surface area contributed by atoms with Crippen molar-refractivity contribution >= 4 is 18.0 Å². The van der Waals surface area contributed by atoms with Crippen LogP contribution in [-0.4, -0.2) is 25.1 Å². The van der Waals surface area contributed by atoms with Crippen LogP contribution in [0, 0.1) is 0 Å². The fourth-order valence-electron chi connectivity index (χ4n) is 0.329. The van der Waals surface area contributed by atoms with Gasteiger partial charge in [0.05, 0.1) is 0 Å². The van der Waals surface area contributed by atoms with Gasteiger partial charge in [0.2, 0.25) is 5.91 Å². The van der Waals surface area contributed by atoms with E-state index in [1.165, 1.54) is 6.92 Å². The largest absolute Gasteiger partial charge is 0.313 e. The van der Waals surface area contributed by atoms with Crippen LogP contribution in [0.5, 0.6) is 0 Å². The smallest absolute Gasteiger partial charge is 0.270 e. The molecule has 0 unspecified atom stereocenters. The quantitative estimate of drug-likeness (QED) is 0.379. The summed E-state index contributed by atoms with van der Waals surface area (Å²) in [5, 5.41) is 5.40. The molecule has 56 valence electrons. The molecule has 0 spiro atoms. The molecule has 5 heteroatoms. The number of carbonyl (C=O) groups excluding carboxylic acids is 2. The number of carbonyl (C=O) groups is 2. The van der Waals surface area contributed by atoms with Gasteiger partial charge in [-0.3, -0.25) is 14.9 Å². The molecule has 0 aliphatic rings. The molecule has 0 aliphatic carbocycles. The molecule has 0 bridgehead atoms. The van der Waals surface area contributed by atoms with Gasteiger partial charge < -0.3 is 5.43 Å². The number of hydrogen-bond donors (Lipinski definition) is 2. The Balaban J connectivity index is 3.64. The molecule has 5 nitrogen and oxygen atoms in total. The summed E-state index contributed by atoms with van der Waals surface area (Å²) >= 11 is 0. The van der Waals surface area contributed by atoms with Crippen molar-refractivity contribution in [2.45, 2.75) is 6.92 Å². The summed E-state index contributed by atoms with van der Waals surface area (Å²) in [6.07, 6.45) is 0.987. The van der Waals surface area contributed by atoms with E-state index in [0.29, 0.717) is 0 Å². The zero-order valence-corrected chi connectivity index (χ0v) is 5.84. The van der Waals surface area contributed by atoms with E-state index in [0.717, 1.165) is 6.21 Å². The average Bonchev–Trinajstić information content (AvgIpc) is 1.82. The van der Waals surface area contributed by atoms with Gasteiger partial charge in [0.15, 0.2) is 0 Å². The van der Waals surface area contributed by atoms with E-state index in [-0.39, 0.29) is 0 Å². The van der Waals surface area contributed by atoms with E-state index in [2.05, 4.69) is 10.5 Å². The normalized spacial score (nSPS) is 9.40. The van der Waals surface area contributed by atoms with Gasteiger partial charge in [0.25, 0.3) is 5.91 Å². The summed E-state index contributed by atoms with van der Waals surface area (Å²) in [5.41, 5.74) is 2.37. The van der Waals surface area contributed by atoms with Gasteiger partial charge >= 0.3 is 0 Å². The Morgan fingerprint density at radius 3 is 2.50 bits per heavy atom. The number of hydrazone groups is 1. The van der Waals surface area contributed by atoms with Crippen LogP contribution in [0.3, 0.4) is 0 Å². The summed E-state index contributed by atoms with van der Waals surface area (Å²) in [7, 11) is 1.55. The van der Waals surface area contributed by atoms with Crippen molar-refractivity contribution in [2.75, 3.05) is 7.05 Å². The maximum absolute atomic E-state index is 10.5. The molecule has 0 radical (unpaired) electrons. The van der Waals surface area contributed by atoms with Crippen molar-refractivity contribution in [3.8, 4) is 0 Å². The summed E-state index contributed by atoms with van der Waals surface area (Å²) in [4.78, 5) is 20.7. The van der Waals surface area contributed by atoms with Crippen molar-refractivity contribution in [2.24, 2.45) is 5.10 Å². The van der Waals surface area contributed by atoms with Crippen LogP contribution in [0.2, 0.25) is 0 Å². The zero-order chi connectivity index (χ0) is 7.98. The SMILES string of the molecule is CN/N=C\C(=O)NC(C)=O. The lowest BCUT2D eigenvalue weighted by molar-refractivity contribution is -0.125. The second-order valence-corrected chi connectivity index (χ2v) is 1.53. The molecule has 2 amide bonds. The molecular weight excluding hydrogens is 134 g/mol. The lowest BCUT2D eigenvalue weighted by Gasteiger charge is -1.91. The van der Waals surface area contributed by atoms with Gasteiger partial charge in [0, 0.05) is 14.0 Å². The fraction of sp³-hybridized carbons (Fsp3) is 0.400. The summed E-state index contributed by atoms with van der Waals surface area (Å²) in [6.45, 7) is 1.26. The van der Waals surface area contributed by atoms with Crippen molar-refractivity contribution < 1.29 is 9.59 Å². The Morgan fingerprint density at radius 2 is 2.10 bits per heavy atom. The maximum Gasteiger partial charge on any atom is 0.270 e. The molecule has 0 heterocycles. The lowest BCUT2D eigenvalue weighted by atomic mass is 10.6. The molecule has 0 rings (SSSR count). The Kier molecular flexibility index (Phi) is 3.86. The van der Waals surface area contributed by atoms with E-state index in [1.54, 1.807) is 7.05 Å². The molecule has 0 aromatic heterocycles. The average molecular weight is 143 g/mol. The minimum atomic E-state index is -0.526. The summed E-state index contributed by atoms with van der Waals surface area (Å²) < 4.78 is 0. The standard InChI is InChI=1S/C5H9N3O2/c1-4(9)8-5(10)3-7-6-2/h3,6H,1-2H3,(H,8,9,10)/b7-3-. The highest BCUT2D eigenvalue weighted by Gasteiger charge is 1.96. The minimum absolute atomic E-state index is 0.396. The highest BCUT2D eigenvalue weighted by atomic mass is 16.2. The number of nitrogens with one attached hydrogen (secondary N) is 2. The molecule has 0 saturated carbocycles. The van der Waals surface area contributed by atoms with Crippen LogP contribution in [0.25, 0.3) is 0 Å². The number of imide groups is 1. The Bertz CT molecular complexity index is 164. The molecule has 0 aromatic carbocycles. The van der Waals surface area contributed by atoms with Crippen LogP contribution in [0.15, 0.2) is 5.10 Å². The molecule has 0 aromatic rings. The molecule has 0 saturated heterocycles. The second kappa shape index (κ2) is 4.49. The van der Waals surface area contributed by atoms with Crippen molar-refractivity contribution in [3.63, 3.8) is 0 Å². The van der Waals surface area contributed by atoms with Gasteiger partial charge in [0.1, 0.15) is 6.21 Å². The maximum atomic E-state index is 10.5. The van der Waals surface area contributed by atoms with E-state index < -0.39 is 11.8 Å². The van der Waals surface area contributed by atoms with Crippen molar-refractivity contribution in [1.29, 1.82) is 0 Å². The third-order valence-corrected chi connectivity index (χ3v) is 0.610. The van der Waals surface area contributed by atoms with E-state index in [4.69, 9.17) is 0 Å². The number of rotatable bonds is 2. The van der Waals surface area contributed by atoms with Gasteiger partial charge in [-0.1, -0.05) is 0 Å². The Morgan fingerprint density at radius 1 is 1.50 bits per heavy atom. The van der Waals surface area contributed by atoms with Crippen molar-refractivity contribution in [3.05, 3.63) is 0 Å².